The van der Waals surface area contributed by atoms with Gasteiger partial charge in [-0.05, 0) is 36.4 Å². The van der Waals surface area contributed by atoms with Crippen LogP contribution in [-0.2, 0) is 0 Å². The number of carbonyl (C=O) groups is 1. The van der Waals surface area contributed by atoms with Gasteiger partial charge in [0.2, 0.25) is 0 Å². The molecule has 0 aliphatic heterocycles. The highest BCUT2D eigenvalue weighted by atomic mass is 79.9. The molecule has 0 fully saturated rings. The number of phenols is 1. The van der Waals surface area contributed by atoms with Crippen LogP contribution < -0.4 is 11.1 Å². The maximum absolute atomic E-state index is 13.0. The number of nitrogens with one attached hydrogen (secondary N) is 1. The van der Waals surface area contributed by atoms with E-state index in [9.17, 15) is 14.3 Å². The normalized spacial score (nSPS) is 10.2. The summed E-state index contributed by atoms with van der Waals surface area (Å²) in [6, 6.07) is 8.35. The third-order valence-corrected chi connectivity index (χ3v) is 2.95. The Morgan fingerprint density at radius 1 is 1.26 bits per heavy atom. The first-order valence-corrected chi connectivity index (χ1v) is 6.11. The van der Waals surface area contributed by atoms with Crippen molar-refractivity contribution in [2.75, 3.05) is 11.1 Å². The number of hydrogen-bond acceptors (Lipinski definition) is 3. The van der Waals surface area contributed by atoms with Crippen molar-refractivity contribution in [3.8, 4) is 5.75 Å². The predicted molar refractivity (Wildman–Crippen MR) is 74.6 cm³/mol. The molecule has 2 rings (SSSR count). The molecule has 19 heavy (non-hydrogen) atoms. The number of carbonyl (C=O) groups excluding carboxylic acids is 1. The van der Waals surface area contributed by atoms with Crippen LogP contribution in [0.15, 0.2) is 40.9 Å². The molecular weight excluding hydrogens is 315 g/mol. The van der Waals surface area contributed by atoms with Gasteiger partial charge in [-0.3, -0.25) is 4.79 Å². The molecule has 0 unspecified atom stereocenters. The van der Waals surface area contributed by atoms with Gasteiger partial charge < -0.3 is 16.2 Å². The molecular formula is C13H10BrFN2O2. The zero-order valence-corrected chi connectivity index (χ0v) is 11.2. The Morgan fingerprint density at radius 3 is 2.68 bits per heavy atom. The molecule has 0 atom stereocenters. The van der Waals surface area contributed by atoms with E-state index in [1.54, 1.807) is 6.07 Å². The Hall–Kier alpha value is -2.08. The molecule has 0 aromatic heterocycles. The van der Waals surface area contributed by atoms with Crippen molar-refractivity contribution in [2.45, 2.75) is 0 Å². The van der Waals surface area contributed by atoms with Crippen molar-refractivity contribution in [1.29, 1.82) is 0 Å². The number of benzene rings is 2. The Kier molecular flexibility index (Phi) is 3.71. The summed E-state index contributed by atoms with van der Waals surface area (Å²) < 4.78 is 13.7. The molecule has 0 heterocycles. The summed E-state index contributed by atoms with van der Waals surface area (Å²) in [6.07, 6.45) is 0. The van der Waals surface area contributed by atoms with E-state index in [4.69, 9.17) is 5.73 Å². The summed E-state index contributed by atoms with van der Waals surface area (Å²) in [4.78, 5) is 12.0. The predicted octanol–water partition coefficient (Wildman–Crippen LogP) is 3.13. The Morgan fingerprint density at radius 2 is 2.00 bits per heavy atom. The molecule has 0 saturated heterocycles. The number of nitrogens with two attached hydrogens (primary N) is 1. The molecule has 0 spiro atoms. The molecule has 2 aromatic rings. The zero-order valence-electron chi connectivity index (χ0n) is 9.65. The van der Waals surface area contributed by atoms with Gasteiger partial charge in [-0.2, -0.15) is 0 Å². The summed E-state index contributed by atoms with van der Waals surface area (Å²) in [5.74, 6) is -1.20. The highest BCUT2D eigenvalue weighted by Gasteiger charge is 2.12. The molecule has 6 heteroatoms. The minimum Gasteiger partial charge on any atom is -0.507 e. The van der Waals surface area contributed by atoms with E-state index in [1.807, 2.05) is 0 Å². The van der Waals surface area contributed by atoms with E-state index in [-0.39, 0.29) is 17.0 Å². The quantitative estimate of drug-likeness (QED) is 0.743. The average molecular weight is 325 g/mol. The maximum Gasteiger partial charge on any atom is 0.259 e. The van der Waals surface area contributed by atoms with Crippen molar-refractivity contribution in [3.63, 3.8) is 0 Å². The van der Waals surface area contributed by atoms with Crippen molar-refractivity contribution >= 4 is 33.2 Å². The molecule has 0 saturated carbocycles. The lowest BCUT2D eigenvalue weighted by Crippen LogP contribution is -2.12. The van der Waals surface area contributed by atoms with Gasteiger partial charge in [0.05, 0.1) is 11.3 Å². The number of nitrogen functional groups attached to an aromatic ring is 1. The van der Waals surface area contributed by atoms with Crippen LogP contribution in [0, 0.1) is 5.82 Å². The number of halogens is 2. The van der Waals surface area contributed by atoms with Gasteiger partial charge in [-0.25, -0.2) is 4.39 Å². The molecule has 98 valence electrons. The molecule has 0 aliphatic carbocycles. The molecule has 0 radical (unpaired) electrons. The van der Waals surface area contributed by atoms with Crippen LogP contribution in [0.2, 0.25) is 0 Å². The van der Waals surface area contributed by atoms with Gasteiger partial charge in [0.15, 0.2) is 0 Å². The minimum absolute atomic E-state index is 0.0590. The summed E-state index contributed by atoms with van der Waals surface area (Å²) in [6.45, 7) is 0. The summed E-state index contributed by atoms with van der Waals surface area (Å²) in [5, 5.41) is 12.1. The largest absolute Gasteiger partial charge is 0.507 e. The highest BCUT2D eigenvalue weighted by molar-refractivity contribution is 9.10. The number of anilines is 2. The highest BCUT2D eigenvalue weighted by Crippen LogP contribution is 2.23. The number of rotatable bonds is 2. The number of aromatic hydroxyl groups is 1. The fourth-order valence-corrected chi connectivity index (χ4v) is 1.87. The lowest BCUT2D eigenvalue weighted by atomic mass is 10.2. The third kappa shape index (κ3) is 3.03. The molecule has 0 aliphatic rings. The standard InChI is InChI=1S/C13H10BrFN2O2/c14-7-1-4-12(18)9(5-7)13(19)17-8-2-3-10(15)11(16)6-8/h1-6,18H,16H2,(H,17,19). The Balaban J connectivity index is 2.25. The number of phenolic OH excluding ortho intramolecular Hbond substituents is 1. The average Bonchev–Trinajstić information content (AvgIpc) is 2.36. The monoisotopic (exact) mass is 324 g/mol. The second-order valence-corrected chi connectivity index (χ2v) is 4.77. The van der Waals surface area contributed by atoms with Gasteiger partial charge in [0.25, 0.3) is 5.91 Å². The first-order valence-electron chi connectivity index (χ1n) is 5.32. The fraction of sp³-hybridized carbons (Fsp3) is 0. The van der Waals surface area contributed by atoms with Gasteiger partial charge in [0, 0.05) is 10.2 Å². The first-order chi connectivity index (χ1) is 8.97. The molecule has 2 aromatic carbocycles. The van der Waals surface area contributed by atoms with E-state index >= 15 is 0 Å². The SMILES string of the molecule is Nc1cc(NC(=O)c2cc(Br)ccc2O)ccc1F. The second kappa shape index (κ2) is 5.27. The maximum atomic E-state index is 13.0. The van der Waals surface area contributed by atoms with Crippen LogP contribution in [-0.4, -0.2) is 11.0 Å². The van der Waals surface area contributed by atoms with E-state index in [1.165, 1.54) is 24.3 Å². The van der Waals surface area contributed by atoms with E-state index < -0.39 is 11.7 Å². The zero-order chi connectivity index (χ0) is 14.0. The van der Waals surface area contributed by atoms with Gasteiger partial charge >= 0.3 is 0 Å². The topological polar surface area (TPSA) is 75.3 Å². The van der Waals surface area contributed by atoms with Crippen LogP contribution in [0.4, 0.5) is 15.8 Å². The number of hydrogen-bond donors (Lipinski definition) is 3. The first kappa shape index (κ1) is 13.4. The molecule has 1 amide bonds. The van der Waals surface area contributed by atoms with Crippen LogP contribution in [0.3, 0.4) is 0 Å². The lowest BCUT2D eigenvalue weighted by Gasteiger charge is -2.08. The van der Waals surface area contributed by atoms with Crippen LogP contribution in [0.5, 0.6) is 5.75 Å². The van der Waals surface area contributed by atoms with Gasteiger partial charge in [-0.1, -0.05) is 15.9 Å². The van der Waals surface area contributed by atoms with Crippen LogP contribution in [0.25, 0.3) is 0 Å². The van der Waals surface area contributed by atoms with E-state index in [2.05, 4.69) is 21.2 Å². The number of amides is 1. The van der Waals surface area contributed by atoms with Gasteiger partial charge in [0.1, 0.15) is 11.6 Å². The minimum atomic E-state index is -0.552. The van der Waals surface area contributed by atoms with Crippen LogP contribution >= 0.6 is 15.9 Å². The van der Waals surface area contributed by atoms with Crippen LogP contribution in [0.1, 0.15) is 10.4 Å². The lowest BCUT2D eigenvalue weighted by molar-refractivity contribution is 0.102. The third-order valence-electron chi connectivity index (χ3n) is 2.46. The smallest absolute Gasteiger partial charge is 0.259 e. The molecule has 4 nitrogen and oxygen atoms in total. The van der Waals surface area contributed by atoms with E-state index in [0.29, 0.717) is 10.2 Å². The Labute approximate surface area is 117 Å². The summed E-state index contributed by atoms with van der Waals surface area (Å²) in [7, 11) is 0. The Bertz CT molecular complexity index is 647. The van der Waals surface area contributed by atoms with Gasteiger partial charge in [-0.15, -0.1) is 0 Å². The second-order valence-electron chi connectivity index (χ2n) is 3.85. The van der Waals surface area contributed by atoms with Crippen molar-refractivity contribution < 1.29 is 14.3 Å². The molecule has 4 N–H and O–H groups in total. The van der Waals surface area contributed by atoms with Crippen molar-refractivity contribution in [2.24, 2.45) is 0 Å². The molecule has 0 bridgehead atoms. The summed E-state index contributed by atoms with van der Waals surface area (Å²) >= 11 is 3.21. The van der Waals surface area contributed by atoms with Crippen molar-refractivity contribution in [3.05, 3.63) is 52.3 Å². The van der Waals surface area contributed by atoms with E-state index in [0.717, 1.165) is 6.07 Å². The fourth-order valence-electron chi connectivity index (χ4n) is 1.51. The summed E-state index contributed by atoms with van der Waals surface area (Å²) in [5.41, 5.74) is 5.81. The van der Waals surface area contributed by atoms with Crippen molar-refractivity contribution in [1.82, 2.24) is 0 Å².